The fraction of sp³-hybridized carbons (Fsp3) is 0.391. The first-order chi connectivity index (χ1) is 15.9. The van der Waals surface area contributed by atoms with E-state index in [1.165, 1.54) is 11.4 Å². The predicted molar refractivity (Wildman–Crippen MR) is 122 cm³/mol. The summed E-state index contributed by atoms with van der Waals surface area (Å²) in [6.07, 6.45) is 0.111. The molecule has 0 bridgehead atoms. The highest BCUT2D eigenvalue weighted by Gasteiger charge is 2.30. The Hall–Kier alpha value is -3.11. The molecule has 0 radical (unpaired) electrons. The highest BCUT2D eigenvalue weighted by Crippen LogP contribution is 2.30. The van der Waals surface area contributed by atoms with Gasteiger partial charge in [0, 0.05) is 51.1 Å². The third kappa shape index (κ3) is 6.02. The van der Waals surface area contributed by atoms with E-state index in [4.69, 9.17) is 9.47 Å². The average molecular weight is 476 g/mol. The molecule has 178 valence electrons. The minimum atomic E-state index is -3.57. The number of benzene rings is 2. The monoisotopic (exact) mass is 475 g/mol. The minimum absolute atomic E-state index is 0.0493. The summed E-state index contributed by atoms with van der Waals surface area (Å²) >= 11 is 0. The Bertz CT molecular complexity index is 1070. The molecule has 1 aliphatic rings. The second-order valence-electron chi connectivity index (χ2n) is 7.53. The van der Waals surface area contributed by atoms with Gasteiger partial charge in [0.25, 0.3) is 0 Å². The Morgan fingerprint density at radius 3 is 2.24 bits per heavy atom. The molecule has 9 nitrogen and oxygen atoms in total. The number of carbonyl (C=O) groups excluding carboxylic acids is 2. The normalized spacial score (nSPS) is 14.5. The van der Waals surface area contributed by atoms with Crippen LogP contribution in [0.3, 0.4) is 0 Å². The van der Waals surface area contributed by atoms with Gasteiger partial charge >= 0.3 is 0 Å². The van der Waals surface area contributed by atoms with Crippen LogP contribution < -0.4 is 14.8 Å². The standard InChI is InChI=1S/C23H29N3O6S/c1-31-20-10-6-7-18(23(20)32-2)17-24-21(27)11-12-22(28)25-13-15-26(16-14-25)33(29,30)19-8-4-3-5-9-19/h3-10H,11-17H2,1-2H3,(H,24,27). The third-order valence-corrected chi connectivity index (χ3v) is 7.41. The fourth-order valence-corrected chi connectivity index (χ4v) is 5.12. The summed E-state index contributed by atoms with van der Waals surface area (Å²) in [4.78, 5) is 26.6. The summed E-state index contributed by atoms with van der Waals surface area (Å²) < 4.78 is 37.4. The van der Waals surface area contributed by atoms with Gasteiger partial charge in [-0.3, -0.25) is 9.59 Å². The maximum atomic E-state index is 12.7. The van der Waals surface area contributed by atoms with Crippen LogP contribution in [0.15, 0.2) is 53.4 Å². The molecule has 1 N–H and O–H groups in total. The smallest absolute Gasteiger partial charge is 0.243 e. The van der Waals surface area contributed by atoms with Crippen LogP contribution in [0, 0.1) is 0 Å². The van der Waals surface area contributed by atoms with Crippen LogP contribution in [-0.4, -0.2) is 69.8 Å². The van der Waals surface area contributed by atoms with Crippen molar-refractivity contribution in [2.24, 2.45) is 0 Å². The van der Waals surface area contributed by atoms with Crippen molar-refractivity contribution in [3.8, 4) is 11.5 Å². The number of methoxy groups -OCH3 is 2. The van der Waals surface area contributed by atoms with Crippen LogP contribution in [0.4, 0.5) is 0 Å². The number of carbonyl (C=O) groups is 2. The average Bonchev–Trinajstić information content (AvgIpc) is 2.86. The maximum Gasteiger partial charge on any atom is 0.243 e. The van der Waals surface area contributed by atoms with E-state index >= 15 is 0 Å². The fourth-order valence-electron chi connectivity index (χ4n) is 3.67. The van der Waals surface area contributed by atoms with Crippen LogP contribution in [0.1, 0.15) is 18.4 Å². The van der Waals surface area contributed by atoms with Crippen molar-refractivity contribution in [2.75, 3.05) is 40.4 Å². The number of sulfonamides is 1. The quantitative estimate of drug-likeness (QED) is 0.591. The molecule has 3 rings (SSSR count). The van der Waals surface area contributed by atoms with Gasteiger partial charge < -0.3 is 19.7 Å². The molecule has 0 spiro atoms. The lowest BCUT2D eigenvalue weighted by Crippen LogP contribution is -2.50. The van der Waals surface area contributed by atoms with Gasteiger partial charge in [0.1, 0.15) is 0 Å². The van der Waals surface area contributed by atoms with Crippen molar-refractivity contribution in [1.82, 2.24) is 14.5 Å². The molecule has 0 aromatic heterocycles. The molecule has 1 heterocycles. The Morgan fingerprint density at radius 1 is 0.909 bits per heavy atom. The number of piperazine rings is 1. The lowest BCUT2D eigenvalue weighted by atomic mass is 10.1. The summed E-state index contributed by atoms with van der Waals surface area (Å²) in [5, 5.41) is 2.80. The maximum absolute atomic E-state index is 12.7. The van der Waals surface area contributed by atoms with Crippen LogP contribution in [0.2, 0.25) is 0 Å². The molecule has 33 heavy (non-hydrogen) atoms. The molecule has 2 aromatic carbocycles. The number of nitrogens with zero attached hydrogens (tertiary/aromatic N) is 2. The highest BCUT2D eigenvalue weighted by molar-refractivity contribution is 7.89. The first-order valence-corrected chi connectivity index (χ1v) is 12.1. The van der Waals surface area contributed by atoms with Crippen molar-refractivity contribution in [3.05, 3.63) is 54.1 Å². The lowest BCUT2D eigenvalue weighted by Gasteiger charge is -2.34. The molecule has 1 fully saturated rings. The van der Waals surface area contributed by atoms with Gasteiger partial charge in [-0.1, -0.05) is 30.3 Å². The summed E-state index contributed by atoms with van der Waals surface area (Å²) in [5.74, 6) is 0.715. The minimum Gasteiger partial charge on any atom is -0.493 e. The molecule has 1 aliphatic heterocycles. The first kappa shape index (κ1) is 24.5. The second kappa shape index (κ2) is 11.2. The van der Waals surface area contributed by atoms with Crippen LogP contribution in [0.25, 0.3) is 0 Å². The van der Waals surface area contributed by atoms with E-state index in [1.807, 2.05) is 12.1 Å². The summed E-state index contributed by atoms with van der Waals surface area (Å²) in [7, 11) is -0.491. The molecule has 0 aliphatic carbocycles. The molecule has 2 amide bonds. The molecule has 10 heteroatoms. The van der Waals surface area contributed by atoms with E-state index in [-0.39, 0.29) is 49.2 Å². The second-order valence-corrected chi connectivity index (χ2v) is 9.47. The number of rotatable bonds is 9. The summed E-state index contributed by atoms with van der Waals surface area (Å²) in [6.45, 7) is 1.31. The Balaban J connectivity index is 1.45. The number of ether oxygens (including phenoxy) is 2. The summed E-state index contributed by atoms with van der Waals surface area (Å²) in [6, 6.07) is 13.7. The largest absolute Gasteiger partial charge is 0.493 e. The zero-order chi connectivity index (χ0) is 23.8. The van der Waals surface area contributed by atoms with E-state index in [0.29, 0.717) is 24.6 Å². The molecule has 0 unspecified atom stereocenters. The van der Waals surface area contributed by atoms with E-state index in [0.717, 1.165) is 5.56 Å². The third-order valence-electron chi connectivity index (χ3n) is 5.50. The molecule has 1 saturated heterocycles. The molecular weight excluding hydrogens is 446 g/mol. The Morgan fingerprint density at radius 2 is 1.61 bits per heavy atom. The van der Waals surface area contributed by atoms with Gasteiger partial charge in [-0.25, -0.2) is 8.42 Å². The molecular formula is C23H29N3O6S. The zero-order valence-electron chi connectivity index (χ0n) is 18.8. The number of hydrogen-bond donors (Lipinski definition) is 1. The molecule has 0 saturated carbocycles. The van der Waals surface area contributed by atoms with Gasteiger partial charge in [0.15, 0.2) is 11.5 Å². The zero-order valence-corrected chi connectivity index (χ0v) is 19.6. The van der Waals surface area contributed by atoms with E-state index in [1.54, 1.807) is 48.4 Å². The lowest BCUT2D eigenvalue weighted by molar-refractivity contribution is -0.134. The number of nitrogens with one attached hydrogen (secondary N) is 1. The van der Waals surface area contributed by atoms with Crippen LogP contribution in [0.5, 0.6) is 11.5 Å². The topological polar surface area (TPSA) is 105 Å². The van der Waals surface area contributed by atoms with Crippen molar-refractivity contribution < 1.29 is 27.5 Å². The highest BCUT2D eigenvalue weighted by atomic mass is 32.2. The summed E-state index contributed by atoms with van der Waals surface area (Å²) in [5.41, 5.74) is 0.771. The van der Waals surface area contributed by atoms with Crippen molar-refractivity contribution in [2.45, 2.75) is 24.3 Å². The van der Waals surface area contributed by atoms with Gasteiger partial charge in [0.2, 0.25) is 21.8 Å². The van der Waals surface area contributed by atoms with E-state index < -0.39 is 10.0 Å². The van der Waals surface area contributed by atoms with E-state index in [2.05, 4.69) is 5.32 Å². The SMILES string of the molecule is COc1cccc(CNC(=O)CCC(=O)N2CCN(S(=O)(=O)c3ccccc3)CC2)c1OC. The van der Waals surface area contributed by atoms with Crippen LogP contribution in [-0.2, 0) is 26.2 Å². The Kier molecular flexibility index (Phi) is 8.29. The van der Waals surface area contributed by atoms with Gasteiger partial charge in [-0.05, 0) is 18.2 Å². The van der Waals surface area contributed by atoms with Crippen LogP contribution >= 0.6 is 0 Å². The van der Waals surface area contributed by atoms with Gasteiger partial charge in [0.05, 0.1) is 19.1 Å². The first-order valence-electron chi connectivity index (χ1n) is 10.7. The molecule has 2 aromatic rings. The van der Waals surface area contributed by atoms with Crippen molar-refractivity contribution in [3.63, 3.8) is 0 Å². The number of hydrogen-bond acceptors (Lipinski definition) is 6. The van der Waals surface area contributed by atoms with Crippen molar-refractivity contribution in [1.29, 1.82) is 0 Å². The predicted octanol–water partition coefficient (Wildman–Crippen LogP) is 1.63. The Labute approximate surface area is 194 Å². The van der Waals surface area contributed by atoms with E-state index in [9.17, 15) is 18.0 Å². The van der Waals surface area contributed by atoms with Crippen molar-refractivity contribution >= 4 is 21.8 Å². The number of amides is 2. The number of para-hydroxylation sites is 1. The van der Waals surface area contributed by atoms with Gasteiger partial charge in [-0.2, -0.15) is 4.31 Å². The van der Waals surface area contributed by atoms with Gasteiger partial charge in [-0.15, -0.1) is 0 Å². The molecule has 0 atom stereocenters.